The van der Waals surface area contributed by atoms with Crippen molar-refractivity contribution in [3.05, 3.63) is 34.6 Å². The molecule has 8 heteroatoms. The SMILES string of the molecule is Cc1nn(CC(=O)NCCCN2[C@@H](C)CCC[C@@H]2C)c(=O)c2cc3occc3n12. The summed E-state index contributed by atoms with van der Waals surface area (Å²) in [7, 11) is 0. The molecule has 1 fully saturated rings. The third-order valence-electron chi connectivity index (χ3n) is 6.05. The fourth-order valence-corrected chi connectivity index (χ4v) is 4.53. The van der Waals surface area contributed by atoms with Crippen LogP contribution in [0, 0.1) is 6.92 Å². The number of furan rings is 1. The van der Waals surface area contributed by atoms with Gasteiger partial charge in [-0.05, 0) is 40.0 Å². The van der Waals surface area contributed by atoms with Crippen LogP contribution in [0.4, 0.5) is 0 Å². The number of carbonyl (C=O) groups excluding carboxylic acids is 1. The number of amides is 1. The molecule has 156 valence electrons. The lowest BCUT2D eigenvalue weighted by Crippen LogP contribution is -2.45. The van der Waals surface area contributed by atoms with Crippen molar-refractivity contribution in [2.45, 2.75) is 65.1 Å². The Labute approximate surface area is 169 Å². The molecule has 0 aromatic carbocycles. The molecule has 0 aliphatic carbocycles. The summed E-state index contributed by atoms with van der Waals surface area (Å²) in [4.78, 5) is 27.6. The van der Waals surface area contributed by atoms with E-state index in [-0.39, 0.29) is 18.0 Å². The molecule has 29 heavy (non-hydrogen) atoms. The quantitative estimate of drug-likeness (QED) is 0.643. The van der Waals surface area contributed by atoms with Crippen LogP contribution < -0.4 is 10.9 Å². The lowest BCUT2D eigenvalue weighted by Gasteiger charge is -2.39. The Morgan fingerprint density at radius 3 is 2.79 bits per heavy atom. The molecule has 3 aromatic heterocycles. The first kappa shape index (κ1) is 19.7. The van der Waals surface area contributed by atoms with E-state index in [1.165, 1.54) is 23.9 Å². The molecule has 0 unspecified atom stereocenters. The van der Waals surface area contributed by atoms with Gasteiger partial charge in [0, 0.05) is 37.3 Å². The molecule has 1 saturated heterocycles. The standard InChI is InChI=1S/C21H29N5O3/c1-14-6-4-7-15(2)24(14)10-5-9-22-20(27)13-25-21(28)18-12-19-17(8-11-29-19)26(18)16(3)23-25/h8,11-12,14-15H,4-7,9-10,13H2,1-3H3,(H,22,27)/t14-,15-/m0/s1. The summed E-state index contributed by atoms with van der Waals surface area (Å²) in [6.45, 7) is 7.87. The Bertz CT molecular complexity index is 1070. The van der Waals surface area contributed by atoms with Gasteiger partial charge in [-0.25, -0.2) is 4.68 Å². The van der Waals surface area contributed by atoms with E-state index >= 15 is 0 Å². The van der Waals surface area contributed by atoms with Crippen LogP contribution in [-0.2, 0) is 11.3 Å². The highest BCUT2D eigenvalue weighted by atomic mass is 16.3. The Morgan fingerprint density at radius 1 is 1.28 bits per heavy atom. The van der Waals surface area contributed by atoms with Gasteiger partial charge in [0.2, 0.25) is 5.91 Å². The highest BCUT2D eigenvalue weighted by molar-refractivity contribution is 5.82. The number of hydrogen-bond acceptors (Lipinski definition) is 5. The van der Waals surface area contributed by atoms with Crippen LogP contribution in [0.15, 0.2) is 27.6 Å². The first-order valence-electron chi connectivity index (χ1n) is 10.4. The highest BCUT2D eigenvalue weighted by Crippen LogP contribution is 2.22. The van der Waals surface area contributed by atoms with Crippen molar-refractivity contribution in [1.29, 1.82) is 0 Å². The van der Waals surface area contributed by atoms with E-state index in [9.17, 15) is 9.59 Å². The summed E-state index contributed by atoms with van der Waals surface area (Å²) in [5.41, 5.74) is 1.61. The van der Waals surface area contributed by atoms with Crippen molar-refractivity contribution in [3.63, 3.8) is 0 Å². The molecule has 1 aliphatic rings. The number of aryl methyl sites for hydroxylation is 1. The zero-order valence-electron chi connectivity index (χ0n) is 17.4. The van der Waals surface area contributed by atoms with Crippen molar-refractivity contribution >= 4 is 22.5 Å². The number of piperidine rings is 1. The summed E-state index contributed by atoms with van der Waals surface area (Å²) >= 11 is 0. The van der Waals surface area contributed by atoms with Crippen molar-refractivity contribution in [3.8, 4) is 0 Å². The van der Waals surface area contributed by atoms with E-state index < -0.39 is 0 Å². The first-order valence-corrected chi connectivity index (χ1v) is 10.4. The van der Waals surface area contributed by atoms with E-state index in [1.807, 2.05) is 6.92 Å². The second-order valence-corrected chi connectivity index (χ2v) is 8.12. The maximum absolute atomic E-state index is 12.7. The van der Waals surface area contributed by atoms with Gasteiger partial charge in [0.25, 0.3) is 5.56 Å². The van der Waals surface area contributed by atoms with Crippen LogP contribution >= 0.6 is 0 Å². The van der Waals surface area contributed by atoms with Gasteiger partial charge in [-0.1, -0.05) is 6.42 Å². The molecule has 8 nitrogen and oxygen atoms in total. The topological polar surface area (TPSA) is 84.8 Å². The maximum atomic E-state index is 12.7. The van der Waals surface area contributed by atoms with Gasteiger partial charge < -0.3 is 9.73 Å². The Morgan fingerprint density at radius 2 is 2.03 bits per heavy atom. The summed E-state index contributed by atoms with van der Waals surface area (Å²) < 4.78 is 8.37. The number of carbonyl (C=O) groups is 1. The molecular weight excluding hydrogens is 370 g/mol. The van der Waals surface area contributed by atoms with Gasteiger partial charge in [-0.15, -0.1) is 0 Å². The zero-order valence-corrected chi connectivity index (χ0v) is 17.4. The average molecular weight is 399 g/mol. The second kappa shape index (κ2) is 8.02. The molecule has 1 N–H and O–H groups in total. The zero-order chi connectivity index (χ0) is 20.5. The number of rotatable bonds is 6. The number of aromatic nitrogens is 3. The molecule has 4 rings (SSSR count). The molecule has 1 amide bonds. The van der Waals surface area contributed by atoms with Crippen LogP contribution in [0.25, 0.3) is 16.6 Å². The van der Waals surface area contributed by atoms with Gasteiger partial charge in [-0.3, -0.25) is 18.9 Å². The molecule has 4 heterocycles. The molecular formula is C21H29N5O3. The Balaban J connectivity index is 1.36. The first-order chi connectivity index (χ1) is 14.0. The van der Waals surface area contributed by atoms with Crippen LogP contribution in [0.5, 0.6) is 0 Å². The minimum absolute atomic E-state index is 0.0841. The van der Waals surface area contributed by atoms with E-state index in [4.69, 9.17) is 4.42 Å². The van der Waals surface area contributed by atoms with E-state index in [1.54, 1.807) is 22.8 Å². The van der Waals surface area contributed by atoms with Gasteiger partial charge in [-0.2, -0.15) is 5.10 Å². The van der Waals surface area contributed by atoms with Gasteiger partial charge >= 0.3 is 0 Å². The minimum atomic E-state index is -0.298. The summed E-state index contributed by atoms with van der Waals surface area (Å²) in [6.07, 6.45) is 6.28. The fourth-order valence-electron chi connectivity index (χ4n) is 4.53. The number of nitrogens with one attached hydrogen (secondary N) is 1. The molecule has 0 radical (unpaired) electrons. The van der Waals surface area contributed by atoms with Gasteiger partial charge in [0.1, 0.15) is 17.9 Å². The number of likely N-dealkylation sites (tertiary alicyclic amines) is 1. The van der Waals surface area contributed by atoms with Crippen molar-refractivity contribution in [2.24, 2.45) is 0 Å². The lowest BCUT2D eigenvalue weighted by molar-refractivity contribution is -0.121. The largest absolute Gasteiger partial charge is 0.463 e. The van der Waals surface area contributed by atoms with Crippen LogP contribution in [0.3, 0.4) is 0 Å². The fraction of sp³-hybridized carbons (Fsp3) is 0.571. The smallest absolute Gasteiger partial charge is 0.291 e. The lowest BCUT2D eigenvalue weighted by atomic mass is 9.97. The molecule has 0 saturated carbocycles. The summed E-state index contributed by atoms with van der Waals surface area (Å²) in [6, 6.07) is 4.71. The Hall–Kier alpha value is -2.61. The van der Waals surface area contributed by atoms with Gasteiger partial charge in [0.15, 0.2) is 5.58 Å². The Kier molecular flexibility index (Phi) is 5.45. The highest BCUT2D eigenvalue weighted by Gasteiger charge is 2.23. The normalized spacial score (nSPS) is 20.5. The minimum Gasteiger partial charge on any atom is -0.463 e. The van der Waals surface area contributed by atoms with Crippen LogP contribution in [-0.4, -0.2) is 50.2 Å². The third kappa shape index (κ3) is 3.81. The molecule has 0 spiro atoms. The van der Waals surface area contributed by atoms with E-state index in [0.717, 1.165) is 18.5 Å². The van der Waals surface area contributed by atoms with Crippen molar-refractivity contribution < 1.29 is 9.21 Å². The number of hydrogen-bond donors (Lipinski definition) is 1. The predicted molar refractivity (Wildman–Crippen MR) is 111 cm³/mol. The third-order valence-corrected chi connectivity index (χ3v) is 6.05. The predicted octanol–water partition coefficient (Wildman–Crippen LogP) is 2.32. The van der Waals surface area contributed by atoms with Crippen LogP contribution in [0.2, 0.25) is 0 Å². The monoisotopic (exact) mass is 399 g/mol. The molecule has 1 aliphatic heterocycles. The summed E-state index contributed by atoms with van der Waals surface area (Å²) in [5, 5.41) is 7.25. The molecule has 3 aromatic rings. The van der Waals surface area contributed by atoms with E-state index in [0.29, 0.717) is 35.6 Å². The van der Waals surface area contributed by atoms with Gasteiger partial charge in [0.05, 0.1) is 11.8 Å². The molecule has 2 atom stereocenters. The number of fused-ring (bicyclic) bond motifs is 3. The summed E-state index contributed by atoms with van der Waals surface area (Å²) in [5.74, 6) is 0.440. The maximum Gasteiger partial charge on any atom is 0.291 e. The second-order valence-electron chi connectivity index (χ2n) is 8.12. The van der Waals surface area contributed by atoms with Crippen molar-refractivity contribution in [2.75, 3.05) is 13.1 Å². The number of nitrogens with zero attached hydrogens (tertiary/aromatic N) is 4. The average Bonchev–Trinajstić information content (AvgIpc) is 3.26. The van der Waals surface area contributed by atoms with Crippen LogP contribution in [0.1, 0.15) is 45.4 Å². The van der Waals surface area contributed by atoms with E-state index in [2.05, 4.69) is 29.2 Å². The van der Waals surface area contributed by atoms with Crippen molar-refractivity contribution in [1.82, 2.24) is 24.4 Å². The molecule has 0 bridgehead atoms.